The van der Waals surface area contributed by atoms with Crippen LogP contribution in [0.3, 0.4) is 0 Å². The van der Waals surface area contributed by atoms with Gasteiger partial charge in [-0.3, -0.25) is 4.79 Å². The molecular weight excluding hydrogens is 280 g/mol. The van der Waals surface area contributed by atoms with Crippen molar-refractivity contribution in [3.8, 4) is 0 Å². The standard InChI is InChI=1S/C17H20N2OS/c1-12-7-9-14(10-8-12)19-17(20)13(2)18-15-5-4-6-16(11-15)21-3/h4-11,13,18H,1-3H3,(H,19,20). The van der Waals surface area contributed by atoms with Crippen molar-refractivity contribution >= 4 is 29.0 Å². The fraction of sp³-hybridized carbons (Fsp3) is 0.235. The zero-order chi connectivity index (χ0) is 15.2. The molecule has 2 aromatic carbocycles. The van der Waals surface area contributed by atoms with E-state index >= 15 is 0 Å². The van der Waals surface area contributed by atoms with Crippen molar-refractivity contribution in [1.82, 2.24) is 0 Å². The van der Waals surface area contributed by atoms with E-state index in [-0.39, 0.29) is 11.9 Å². The highest BCUT2D eigenvalue weighted by Gasteiger charge is 2.12. The number of benzene rings is 2. The Labute approximate surface area is 130 Å². The minimum absolute atomic E-state index is 0.0478. The molecule has 1 atom stereocenters. The van der Waals surface area contributed by atoms with E-state index in [1.54, 1.807) is 11.8 Å². The number of aryl methyl sites for hydroxylation is 1. The third-order valence-electron chi connectivity index (χ3n) is 3.17. The summed E-state index contributed by atoms with van der Waals surface area (Å²) < 4.78 is 0. The molecule has 110 valence electrons. The van der Waals surface area contributed by atoms with Gasteiger partial charge in [0.25, 0.3) is 0 Å². The van der Waals surface area contributed by atoms with Gasteiger partial charge in [-0.2, -0.15) is 0 Å². The molecule has 0 fully saturated rings. The van der Waals surface area contributed by atoms with Gasteiger partial charge in [0.2, 0.25) is 5.91 Å². The molecule has 0 aliphatic carbocycles. The molecule has 2 rings (SSSR count). The van der Waals surface area contributed by atoms with Crippen LogP contribution in [0, 0.1) is 6.92 Å². The van der Waals surface area contributed by atoms with Gasteiger partial charge in [0.15, 0.2) is 0 Å². The van der Waals surface area contributed by atoms with Crippen LogP contribution in [0.25, 0.3) is 0 Å². The fourth-order valence-electron chi connectivity index (χ4n) is 1.92. The third-order valence-corrected chi connectivity index (χ3v) is 3.89. The van der Waals surface area contributed by atoms with Gasteiger partial charge in [0, 0.05) is 16.3 Å². The molecule has 0 aliphatic heterocycles. The van der Waals surface area contributed by atoms with Crippen molar-refractivity contribution in [3.63, 3.8) is 0 Å². The number of nitrogens with one attached hydrogen (secondary N) is 2. The summed E-state index contributed by atoms with van der Waals surface area (Å²) in [5.41, 5.74) is 2.94. The van der Waals surface area contributed by atoms with Crippen LogP contribution in [-0.4, -0.2) is 18.2 Å². The minimum atomic E-state index is -0.302. The van der Waals surface area contributed by atoms with Crippen LogP contribution >= 0.6 is 11.8 Å². The second-order valence-corrected chi connectivity index (χ2v) is 5.83. The Balaban J connectivity index is 1.97. The van der Waals surface area contributed by atoms with Gasteiger partial charge in [-0.05, 0) is 50.4 Å². The lowest BCUT2D eigenvalue weighted by molar-refractivity contribution is -0.116. The first kappa shape index (κ1) is 15.4. The summed E-state index contributed by atoms with van der Waals surface area (Å²) in [6.45, 7) is 3.88. The zero-order valence-electron chi connectivity index (χ0n) is 12.5. The van der Waals surface area contributed by atoms with Gasteiger partial charge in [-0.25, -0.2) is 0 Å². The normalized spacial score (nSPS) is 11.8. The van der Waals surface area contributed by atoms with Crippen LogP contribution in [0.1, 0.15) is 12.5 Å². The highest BCUT2D eigenvalue weighted by Crippen LogP contribution is 2.19. The molecule has 2 N–H and O–H groups in total. The van der Waals surface area contributed by atoms with E-state index in [4.69, 9.17) is 0 Å². The first-order valence-electron chi connectivity index (χ1n) is 6.86. The van der Waals surface area contributed by atoms with Crippen molar-refractivity contribution in [2.24, 2.45) is 0 Å². The SMILES string of the molecule is CSc1cccc(NC(C)C(=O)Nc2ccc(C)cc2)c1. The van der Waals surface area contributed by atoms with Crippen LogP contribution in [0.2, 0.25) is 0 Å². The molecule has 3 nitrogen and oxygen atoms in total. The molecule has 2 aromatic rings. The lowest BCUT2D eigenvalue weighted by Crippen LogP contribution is -2.31. The van der Waals surface area contributed by atoms with Crippen LogP contribution in [0.4, 0.5) is 11.4 Å². The predicted octanol–water partition coefficient (Wildman–Crippen LogP) is 4.16. The summed E-state index contributed by atoms with van der Waals surface area (Å²) in [5.74, 6) is -0.0478. The largest absolute Gasteiger partial charge is 0.374 e. The summed E-state index contributed by atoms with van der Waals surface area (Å²) >= 11 is 1.68. The van der Waals surface area contributed by atoms with Gasteiger partial charge < -0.3 is 10.6 Å². The third kappa shape index (κ3) is 4.53. The Kier molecular flexibility index (Phi) is 5.28. The number of hydrogen-bond acceptors (Lipinski definition) is 3. The number of rotatable bonds is 5. The van der Waals surface area contributed by atoms with Gasteiger partial charge in [-0.15, -0.1) is 11.8 Å². The number of hydrogen-bond donors (Lipinski definition) is 2. The highest BCUT2D eigenvalue weighted by molar-refractivity contribution is 7.98. The molecule has 21 heavy (non-hydrogen) atoms. The molecule has 0 aliphatic rings. The summed E-state index contributed by atoms with van der Waals surface area (Å²) in [4.78, 5) is 13.3. The molecule has 0 saturated heterocycles. The maximum Gasteiger partial charge on any atom is 0.246 e. The topological polar surface area (TPSA) is 41.1 Å². The molecule has 4 heteroatoms. The Morgan fingerprint density at radius 1 is 1.10 bits per heavy atom. The number of amides is 1. The zero-order valence-corrected chi connectivity index (χ0v) is 13.3. The fourth-order valence-corrected chi connectivity index (χ4v) is 2.38. The quantitative estimate of drug-likeness (QED) is 0.815. The number of thioether (sulfide) groups is 1. The van der Waals surface area contributed by atoms with Gasteiger partial charge in [-0.1, -0.05) is 23.8 Å². The van der Waals surface area contributed by atoms with E-state index in [9.17, 15) is 4.79 Å². The van der Waals surface area contributed by atoms with Crippen molar-refractivity contribution in [1.29, 1.82) is 0 Å². The minimum Gasteiger partial charge on any atom is -0.374 e. The van der Waals surface area contributed by atoms with Crippen molar-refractivity contribution in [2.45, 2.75) is 24.8 Å². The lowest BCUT2D eigenvalue weighted by atomic mass is 10.2. The Bertz CT molecular complexity index is 610. The smallest absolute Gasteiger partial charge is 0.246 e. The molecule has 0 bridgehead atoms. The highest BCUT2D eigenvalue weighted by atomic mass is 32.2. The Hall–Kier alpha value is -1.94. The molecule has 0 saturated carbocycles. The first-order valence-corrected chi connectivity index (χ1v) is 8.09. The second kappa shape index (κ2) is 7.18. The summed E-state index contributed by atoms with van der Waals surface area (Å²) in [6, 6.07) is 15.5. The summed E-state index contributed by atoms with van der Waals surface area (Å²) in [7, 11) is 0. The first-order chi connectivity index (χ1) is 10.1. The maximum atomic E-state index is 12.2. The van der Waals surface area contributed by atoms with Crippen LogP contribution in [0.15, 0.2) is 53.4 Å². The van der Waals surface area contributed by atoms with Crippen molar-refractivity contribution in [3.05, 3.63) is 54.1 Å². The molecule has 0 aromatic heterocycles. The van der Waals surface area contributed by atoms with Crippen molar-refractivity contribution in [2.75, 3.05) is 16.9 Å². The molecule has 0 radical (unpaired) electrons. The number of carbonyl (C=O) groups is 1. The number of anilines is 2. The monoisotopic (exact) mass is 300 g/mol. The average Bonchev–Trinajstić information content (AvgIpc) is 2.49. The molecule has 0 spiro atoms. The molecule has 1 unspecified atom stereocenters. The van der Waals surface area contributed by atoms with Gasteiger partial charge >= 0.3 is 0 Å². The van der Waals surface area contributed by atoms with Crippen molar-refractivity contribution < 1.29 is 4.79 Å². The van der Waals surface area contributed by atoms with Crippen LogP contribution < -0.4 is 10.6 Å². The van der Waals surface area contributed by atoms with E-state index in [1.165, 1.54) is 10.5 Å². The Morgan fingerprint density at radius 2 is 1.81 bits per heavy atom. The second-order valence-electron chi connectivity index (χ2n) is 4.95. The maximum absolute atomic E-state index is 12.2. The average molecular weight is 300 g/mol. The van der Waals surface area contributed by atoms with Crippen LogP contribution in [0.5, 0.6) is 0 Å². The molecule has 1 amide bonds. The predicted molar refractivity (Wildman–Crippen MR) is 91.1 cm³/mol. The summed E-state index contributed by atoms with van der Waals surface area (Å²) in [6.07, 6.45) is 2.03. The van der Waals surface area contributed by atoms with E-state index in [0.717, 1.165) is 11.4 Å². The van der Waals surface area contributed by atoms with Gasteiger partial charge in [0.05, 0.1) is 0 Å². The summed E-state index contributed by atoms with van der Waals surface area (Å²) in [5, 5.41) is 6.13. The van der Waals surface area contributed by atoms with E-state index < -0.39 is 0 Å². The van der Waals surface area contributed by atoms with E-state index in [0.29, 0.717) is 0 Å². The van der Waals surface area contributed by atoms with Gasteiger partial charge in [0.1, 0.15) is 6.04 Å². The van der Waals surface area contributed by atoms with Crippen LogP contribution in [-0.2, 0) is 4.79 Å². The molecular formula is C17H20N2OS. The molecule has 0 heterocycles. The lowest BCUT2D eigenvalue weighted by Gasteiger charge is -2.16. The van der Waals surface area contributed by atoms with E-state index in [1.807, 2.05) is 68.6 Å². The number of carbonyl (C=O) groups excluding carboxylic acids is 1. The Morgan fingerprint density at radius 3 is 2.48 bits per heavy atom. The van der Waals surface area contributed by atoms with E-state index in [2.05, 4.69) is 10.6 Å².